The molecule has 4 heteroatoms. The van der Waals surface area contributed by atoms with E-state index in [0.717, 1.165) is 12.8 Å². The Morgan fingerprint density at radius 1 is 1.80 bits per heavy atom. The lowest BCUT2D eigenvalue weighted by Gasteiger charge is -2.28. The van der Waals surface area contributed by atoms with Crippen LogP contribution in [0.2, 0.25) is 0 Å². The zero-order chi connectivity index (χ0) is 11.3. The summed E-state index contributed by atoms with van der Waals surface area (Å²) >= 11 is 0. The summed E-state index contributed by atoms with van der Waals surface area (Å²) in [5.41, 5.74) is 5.67. The molecule has 1 rings (SSSR count). The largest absolute Gasteiger partial charge is 0.378 e. The molecule has 86 valence electrons. The highest BCUT2D eigenvalue weighted by molar-refractivity contribution is 5.81. The third-order valence-corrected chi connectivity index (χ3v) is 2.59. The van der Waals surface area contributed by atoms with Gasteiger partial charge >= 0.3 is 0 Å². The number of hydrogen-bond acceptors (Lipinski definition) is 3. The zero-order valence-corrected chi connectivity index (χ0v) is 9.24. The summed E-state index contributed by atoms with van der Waals surface area (Å²) in [6.07, 6.45) is 4.14. The van der Waals surface area contributed by atoms with Crippen LogP contribution in [0.4, 0.5) is 0 Å². The van der Waals surface area contributed by atoms with Crippen LogP contribution in [0.25, 0.3) is 0 Å². The second kappa shape index (κ2) is 5.88. The Bertz CT molecular complexity index is 231. The van der Waals surface area contributed by atoms with E-state index in [-0.39, 0.29) is 18.1 Å². The molecule has 1 fully saturated rings. The Morgan fingerprint density at radius 3 is 3.13 bits per heavy atom. The number of carbonyl (C=O) groups is 1. The summed E-state index contributed by atoms with van der Waals surface area (Å²) in [4.78, 5) is 11.6. The topological polar surface area (TPSA) is 64.4 Å². The van der Waals surface area contributed by atoms with Crippen molar-refractivity contribution in [1.29, 1.82) is 0 Å². The average molecular weight is 212 g/mol. The van der Waals surface area contributed by atoms with Crippen LogP contribution >= 0.6 is 0 Å². The van der Waals surface area contributed by atoms with Crippen LogP contribution in [0.15, 0.2) is 12.7 Å². The fourth-order valence-corrected chi connectivity index (χ4v) is 1.72. The quantitative estimate of drug-likeness (QED) is 0.670. The Hall–Kier alpha value is -0.870. The van der Waals surface area contributed by atoms with E-state index >= 15 is 0 Å². The minimum atomic E-state index is -0.472. The third kappa shape index (κ3) is 4.01. The molecule has 0 aromatic carbocycles. The number of nitrogens with two attached hydrogens (primary N) is 1. The Kier molecular flexibility index (Phi) is 4.78. The van der Waals surface area contributed by atoms with Gasteiger partial charge < -0.3 is 15.8 Å². The van der Waals surface area contributed by atoms with Gasteiger partial charge in [0.15, 0.2) is 0 Å². The molecule has 0 aromatic rings. The monoisotopic (exact) mass is 212 g/mol. The molecular formula is C11H20N2O2. The highest BCUT2D eigenvalue weighted by atomic mass is 16.5. The van der Waals surface area contributed by atoms with Crippen LogP contribution in [0.3, 0.4) is 0 Å². The molecule has 0 aromatic heterocycles. The van der Waals surface area contributed by atoms with E-state index in [1.807, 2.05) is 6.92 Å². The van der Waals surface area contributed by atoms with Gasteiger partial charge in [0.2, 0.25) is 5.91 Å². The smallest absolute Gasteiger partial charge is 0.237 e. The number of hydrogen-bond donors (Lipinski definition) is 2. The van der Waals surface area contributed by atoms with Crippen molar-refractivity contribution in [3.63, 3.8) is 0 Å². The molecule has 1 aliphatic rings. The number of rotatable bonds is 4. The summed E-state index contributed by atoms with van der Waals surface area (Å²) in [6, 6.07) is -0.266. The first-order chi connectivity index (χ1) is 7.13. The molecule has 0 spiro atoms. The molecule has 15 heavy (non-hydrogen) atoms. The molecule has 3 N–H and O–H groups in total. The van der Waals surface area contributed by atoms with E-state index in [9.17, 15) is 4.79 Å². The van der Waals surface area contributed by atoms with Crippen LogP contribution in [0, 0.1) is 0 Å². The van der Waals surface area contributed by atoms with Crippen LogP contribution in [-0.4, -0.2) is 30.7 Å². The van der Waals surface area contributed by atoms with Crippen molar-refractivity contribution in [2.45, 2.75) is 44.4 Å². The van der Waals surface area contributed by atoms with E-state index in [1.54, 1.807) is 6.08 Å². The van der Waals surface area contributed by atoms with Gasteiger partial charge in [-0.25, -0.2) is 0 Å². The molecular weight excluding hydrogens is 192 g/mol. The average Bonchev–Trinajstić information content (AvgIpc) is 2.18. The Morgan fingerprint density at radius 2 is 2.53 bits per heavy atom. The predicted molar refractivity (Wildman–Crippen MR) is 59.4 cm³/mol. The second-order valence-corrected chi connectivity index (χ2v) is 4.04. The second-order valence-electron chi connectivity index (χ2n) is 4.04. The lowest BCUT2D eigenvalue weighted by Crippen LogP contribution is -2.48. The molecule has 1 amide bonds. The lowest BCUT2D eigenvalue weighted by molar-refractivity contribution is -0.123. The van der Waals surface area contributed by atoms with Gasteiger partial charge in [-0.1, -0.05) is 6.08 Å². The first-order valence-electron chi connectivity index (χ1n) is 5.42. The van der Waals surface area contributed by atoms with E-state index in [4.69, 9.17) is 10.5 Å². The molecule has 3 unspecified atom stereocenters. The summed E-state index contributed by atoms with van der Waals surface area (Å²) in [5.74, 6) is -0.0889. The molecule has 1 saturated heterocycles. The highest BCUT2D eigenvalue weighted by Crippen LogP contribution is 2.13. The van der Waals surface area contributed by atoms with Gasteiger partial charge in [0.1, 0.15) is 0 Å². The lowest BCUT2D eigenvalue weighted by atomic mass is 10.0. The number of nitrogens with one attached hydrogen (secondary N) is 1. The van der Waals surface area contributed by atoms with E-state index in [0.29, 0.717) is 13.0 Å². The molecule has 0 bridgehead atoms. The maximum absolute atomic E-state index is 11.6. The Labute approximate surface area is 90.9 Å². The summed E-state index contributed by atoms with van der Waals surface area (Å²) in [5, 5.41) is 2.94. The molecule has 1 aliphatic heterocycles. The first kappa shape index (κ1) is 12.2. The number of amides is 1. The van der Waals surface area contributed by atoms with Gasteiger partial charge in [-0.15, -0.1) is 6.58 Å². The van der Waals surface area contributed by atoms with Gasteiger partial charge in [0.05, 0.1) is 12.1 Å². The maximum atomic E-state index is 11.6. The molecule has 3 atom stereocenters. The van der Waals surface area contributed by atoms with Crippen molar-refractivity contribution < 1.29 is 9.53 Å². The molecule has 4 nitrogen and oxygen atoms in total. The van der Waals surface area contributed by atoms with Crippen LogP contribution < -0.4 is 11.1 Å². The minimum absolute atomic E-state index is 0.0889. The summed E-state index contributed by atoms with van der Waals surface area (Å²) < 4.78 is 5.40. The fraction of sp³-hybridized carbons (Fsp3) is 0.727. The zero-order valence-electron chi connectivity index (χ0n) is 9.24. The SMILES string of the molecule is C=CCC(N)C(=O)NC1CCOC(C)C1. The van der Waals surface area contributed by atoms with Gasteiger partial charge in [-0.2, -0.15) is 0 Å². The standard InChI is InChI=1S/C11H20N2O2/c1-3-4-10(12)11(14)13-9-5-6-15-8(2)7-9/h3,8-10H,1,4-7,12H2,2H3,(H,13,14). The predicted octanol–water partition coefficient (Wildman–Crippen LogP) is 0.574. The van der Waals surface area contributed by atoms with E-state index in [2.05, 4.69) is 11.9 Å². The van der Waals surface area contributed by atoms with Crippen LogP contribution in [0.5, 0.6) is 0 Å². The van der Waals surface area contributed by atoms with Crippen molar-refractivity contribution in [3.8, 4) is 0 Å². The van der Waals surface area contributed by atoms with Gasteiger partial charge in [-0.3, -0.25) is 4.79 Å². The van der Waals surface area contributed by atoms with Crippen molar-refractivity contribution >= 4 is 5.91 Å². The third-order valence-electron chi connectivity index (χ3n) is 2.59. The van der Waals surface area contributed by atoms with E-state index in [1.165, 1.54) is 0 Å². The van der Waals surface area contributed by atoms with Crippen molar-refractivity contribution in [3.05, 3.63) is 12.7 Å². The van der Waals surface area contributed by atoms with Gasteiger partial charge in [0.25, 0.3) is 0 Å². The maximum Gasteiger partial charge on any atom is 0.237 e. The first-order valence-corrected chi connectivity index (χ1v) is 5.42. The minimum Gasteiger partial charge on any atom is -0.378 e. The van der Waals surface area contributed by atoms with Crippen LogP contribution in [0.1, 0.15) is 26.2 Å². The fourth-order valence-electron chi connectivity index (χ4n) is 1.72. The molecule has 0 radical (unpaired) electrons. The van der Waals surface area contributed by atoms with E-state index < -0.39 is 6.04 Å². The summed E-state index contributed by atoms with van der Waals surface area (Å²) in [6.45, 7) is 6.29. The van der Waals surface area contributed by atoms with Gasteiger partial charge in [0, 0.05) is 12.6 Å². The van der Waals surface area contributed by atoms with Crippen molar-refractivity contribution in [2.24, 2.45) is 5.73 Å². The Balaban J connectivity index is 2.33. The van der Waals surface area contributed by atoms with Crippen LogP contribution in [-0.2, 0) is 9.53 Å². The van der Waals surface area contributed by atoms with Crippen molar-refractivity contribution in [2.75, 3.05) is 6.61 Å². The normalized spacial score (nSPS) is 28.1. The molecule has 1 heterocycles. The van der Waals surface area contributed by atoms with Crippen molar-refractivity contribution in [1.82, 2.24) is 5.32 Å². The molecule has 0 aliphatic carbocycles. The number of ether oxygens (including phenoxy) is 1. The molecule has 0 saturated carbocycles. The highest BCUT2D eigenvalue weighted by Gasteiger charge is 2.22. The summed E-state index contributed by atoms with van der Waals surface area (Å²) in [7, 11) is 0. The number of carbonyl (C=O) groups excluding carboxylic acids is 1. The van der Waals surface area contributed by atoms with Gasteiger partial charge in [-0.05, 0) is 26.2 Å².